The van der Waals surface area contributed by atoms with E-state index >= 15 is 0 Å². The molecule has 0 aliphatic carbocycles. The number of hydrogen-bond donors (Lipinski definition) is 1. The van der Waals surface area contributed by atoms with E-state index in [-0.39, 0.29) is 30.6 Å². The summed E-state index contributed by atoms with van der Waals surface area (Å²) >= 11 is 0. The number of aromatic nitrogens is 1. The Morgan fingerprint density at radius 3 is 2.38 bits per heavy atom. The lowest BCUT2D eigenvalue weighted by Gasteiger charge is -2.40. The summed E-state index contributed by atoms with van der Waals surface area (Å²) in [6.07, 6.45) is 3.96. The fourth-order valence-corrected chi connectivity index (χ4v) is 4.51. The van der Waals surface area contributed by atoms with Crippen LogP contribution in [-0.2, 0) is 4.79 Å². The number of rotatable bonds is 7. The molecule has 0 bridgehead atoms. The van der Waals surface area contributed by atoms with E-state index in [1.165, 1.54) is 5.56 Å². The molecule has 178 valence electrons. The van der Waals surface area contributed by atoms with Crippen LogP contribution in [0.25, 0.3) is 5.69 Å². The van der Waals surface area contributed by atoms with Gasteiger partial charge in [-0.3, -0.25) is 9.69 Å². The van der Waals surface area contributed by atoms with Crippen LogP contribution >= 0.6 is 0 Å². The van der Waals surface area contributed by atoms with Gasteiger partial charge in [0.05, 0.1) is 17.1 Å². The highest BCUT2D eigenvalue weighted by molar-refractivity contribution is 6.00. The number of urea groups is 1. The number of aryl methyl sites for hydroxylation is 1. The molecule has 1 aliphatic rings. The second-order valence-corrected chi connectivity index (χ2v) is 9.18. The SMILES string of the molecule is CCCCNC(=O)N(CC(=O)N1c2ccccc2-n2cccc2C1c1ccc(C)cc1)C(C)C. The summed E-state index contributed by atoms with van der Waals surface area (Å²) in [5.41, 5.74) is 5.04. The normalized spacial score (nSPS) is 14.5. The molecule has 0 spiro atoms. The van der Waals surface area contributed by atoms with Gasteiger partial charge >= 0.3 is 6.03 Å². The number of benzene rings is 2. The van der Waals surface area contributed by atoms with E-state index < -0.39 is 0 Å². The molecule has 2 aromatic carbocycles. The molecule has 1 N–H and O–H groups in total. The molecular weight excluding hydrogens is 424 g/mol. The standard InChI is InChI=1S/C28H34N4O2/c1-5-6-17-29-28(34)31(20(2)3)19-26(33)32-24-11-8-7-10-23(24)30-18-9-12-25(30)27(32)22-15-13-21(4)14-16-22/h7-16,18,20,27H,5-6,17,19H2,1-4H3,(H,29,34). The number of amides is 3. The van der Waals surface area contributed by atoms with Crippen molar-refractivity contribution in [2.24, 2.45) is 0 Å². The number of carbonyl (C=O) groups excluding carboxylic acids is 2. The monoisotopic (exact) mass is 458 g/mol. The molecule has 2 heterocycles. The lowest BCUT2D eigenvalue weighted by molar-refractivity contribution is -0.120. The van der Waals surface area contributed by atoms with E-state index in [4.69, 9.17) is 0 Å². The van der Waals surface area contributed by atoms with Gasteiger partial charge in [-0.15, -0.1) is 0 Å². The highest BCUT2D eigenvalue weighted by atomic mass is 16.2. The lowest BCUT2D eigenvalue weighted by atomic mass is 9.97. The maximum atomic E-state index is 14.0. The van der Waals surface area contributed by atoms with Crippen molar-refractivity contribution in [2.75, 3.05) is 18.0 Å². The van der Waals surface area contributed by atoms with Crippen molar-refractivity contribution in [3.63, 3.8) is 0 Å². The molecule has 1 unspecified atom stereocenters. The van der Waals surface area contributed by atoms with Crippen LogP contribution in [0.5, 0.6) is 0 Å². The highest BCUT2D eigenvalue weighted by Crippen LogP contribution is 2.42. The molecule has 0 radical (unpaired) electrons. The quantitative estimate of drug-likeness (QED) is 0.479. The largest absolute Gasteiger partial charge is 0.338 e. The Hall–Kier alpha value is -3.54. The Bertz CT molecular complexity index is 1150. The first kappa shape index (κ1) is 23.6. The van der Waals surface area contributed by atoms with Crippen LogP contribution in [0.2, 0.25) is 0 Å². The van der Waals surface area contributed by atoms with Gasteiger partial charge in [0.2, 0.25) is 5.91 Å². The van der Waals surface area contributed by atoms with Crippen LogP contribution in [0.1, 0.15) is 56.5 Å². The van der Waals surface area contributed by atoms with Crippen LogP contribution in [-0.4, -0.2) is 40.5 Å². The molecule has 3 amide bonds. The number of nitrogens with zero attached hydrogens (tertiary/aromatic N) is 3. The lowest BCUT2D eigenvalue weighted by Crippen LogP contribution is -2.51. The molecule has 34 heavy (non-hydrogen) atoms. The Labute approximate surface area is 202 Å². The molecule has 1 aromatic heterocycles. The summed E-state index contributed by atoms with van der Waals surface area (Å²) in [7, 11) is 0. The van der Waals surface area contributed by atoms with Gasteiger partial charge in [0.15, 0.2) is 0 Å². The van der Waals surface area contributed by atoms with Crippen molar-refractivity contribution in [1.29, 1.82) is 0 Å². The van der Waals surface area contributed by atoms with Crippen LogP contribution in [0.15, 0.2) is 66.9 Å². The summed E-state index contributed by atoms with van der Waals surface area (Å²) < 4.78 is 2.15. The zero-order valence-electron chi connectivity index (χ0n) is 20.5. The van der Waals surface area contributed by atoms with Gasteiger partial charge < -0.3 is 14.8 Å². The van der Waals surface area contributed by atoms with E-state index in [0.717, 1.165) is 35.5 Å². The van der Waals surface area contributed by atoms with E-state index in [1.807, 2.05) is 55.3 Å². The predicted octanol–water partition coefficient (Wildman–Crippen LogP) is 5.44. The summed E-state index contributed by atoms with van der Waals surface area (Å²) in [6, 6.07) is 19.8. The Morgan fingerprint density at radius 1 is 1.00 bits per heavy atom. The van der Waals surface area contributed by atoms with E-state index in [9.17, 15) is 9.59 Å². The minimum atomic E-state index is -0.282. The Kier molecular flexibility index (Phi) is 7.06. The second kappa shape index (κ2) is 10.2. The fourth-order valence-electron chi connectivity index (χ4n) is 4.51. The maximum absolute atomic E-state index is 14.0. The number of para-hydroxylation sites is 2. The zero-order chi connectivity index (χ0) is 24.2. The topological polar surface area (TPSA) is 57.6 Å². The molecule has 0 saturated carbocycles. The van der Waals surface area contributed by atoms with Crippen LogP contribution < -0.4 is 10.2 Å². The first-order chi connectivity index (χ1) is 16.4. The van der Waals surface area contributed by atoms with Crippen molar-refractivity contribution in [2.45, 2.75) is 52.6 Å². The molecular formula is C28H34N4O2. The van der Waals surface area contributed by atoms with Crippen molar-refractivity contribution in [3.05, 3.63) is 83.7 Å². The second-order valence-electron chi connectivity index (χ2n) is 9.18. The van der Waals surface area contributed by atoms with Crippen molar-refractivity contribution in [3.8, 4) is 5.69 Å². The van der Waals surface area contributed by atoms with Gasteiger partial charge in [0.25, 0.3) is 0 Å². The van der Waals surface area contributed by atoms with Crippen molar-refractivity contribution >= 4 is 17.6 Å². The molecule has 4 rings (SSSR count). The Balaban J connectivity index is 1.73. The number of nitrogens with one attached hydrogen (secondary N) is 1. The van der Waals surface area contributed by atoms with Gasteiger partial charge in [-0.1, -0.05) is 55.3 Å². The first-order valence-electron chi connectivity index (χ1n) is 12.1. The minimum Gasteiger partial charge on any atom is -0.338 e. The zero-order valence-corrected chi connectivity index (χ0v) is 20.5. The van der Waals surface area contributed by atoms with Gasteiger partial charge in [0, 0.05) is 18.8 Å². The van der Waals surface area contributed by atoms with Gasteiger partial charge in [0.1, 0.15) is 12.6 Å². The maximum Gasteiger partial charge on any atom is 0.318 e. The van der Waals surface area contributed by atoms with E-state index in [1.54, 1.807) is 4.90 Å². The molecule has 6 heteroatoms. The average Bonchev–Trinajstić information content (AvgIpc) is 3.32. The fraction of sp³-hybridized carbons (Fsp3) is 0.357. The molecule has 3 aromatic rings. The number of hydrogen-bond acceptors (Lipinski definition) is 2. The summed E-state index contributed by atoms with van der Waals surface area (Å²) in [4.78, 5) is 30.4. The number of unbranched alkanes of at least 4 members (excludes halogenated alkanes) is 1. The van der Waals surface area contributed by atoms with Crippen LogP contribution in [0.4, 0.5) is 10.5 Å². The van der Waals surface area contributed by atoms with Gasteiger partial charge in [-0.25, -0.2) is 4.79 Å². The summed E-state index contributed by atoms with van der Waals surface area (Å²) in [6.45, 7) is 8.65. The smallest absolute Gasteiger partial charge is 0.318 e. The molecule has 6 nitrogen and oxygen atoms in total. The first-order valence-corrected chi connectivity index (χ1v) is 12.1. The minimum absolute atomic E-state index is 0.00697. The molecule has 0 fully saturated rings. The van der Waals surface area contributed by atoms with Gasteiger partial charge in [-0.2, -0.15) is 0 Å². The highest BCUT2D eigenvalue weighted by Gasteiger charge is 2.37. The molecule has 0 saturated heterocycles. The predicted molar refractivity (Wildman–Crippen MR) is 136 cm³/mol. The molecule has 1 atom stereocenters. The van der Waals surface area contributed by atoms with Crippen LogP contribution in [0, 0.1) is 6.92 Å². The third-order valence-electron chi connectivity index (χ3n) is 6.38. The number of fused-ring (bicyclic) bond motifs is 3. The van der Waals surface area contributed by atoms with E-state index in [2.05, 4.69) is 54.1 Å². The van der Waals surface area contributed by atoms with Crippen molar-refractivity contribution < 1.29 is 9.59 Å². The third kappa shape index (κ3) is 4.58. The van der Waals surface area contributed by atoms with Crippen LogP contribution in [0.3, 0.4) is 0 Å². The number of carbonyl (C=O) groups is 2. The number of anilines is 1. The summed E-state index contributed by atoms with van der Waals surface area (Å²) in [5.74, 6) is -0.107. The van der Waals surface area contributed by atoms with Gasteiger partial charge in [-0.05, 0) is 57.0 Å². The third-order valence-corrected chi connectivity index (χ3v) is 6.38. The molecule has 1 aliphatic heterocycles. The Morgan fingerprint density at radius 2 is 1.71 bits per heavy atom. The van der Waals surface area contributed by atoms with E-state index in [0.29, 0.717) is 6.54 Å². The van der Waals surface area contributed by atoms with Crippen molar-refractivity contribution in [1.82, 2.24) is 14.8 Å². The summed E-state index contributed by atoms with van der Waals surface area (Å²) in [5, 5.41) is 2.97. The average molecular weight is 459 g/mol.